The first-order chi connectivity index (χ1) is 14.0. The highest BCUT2D eigenvalue weighted by molar-refractivity contribution is 5.99. The molecule has 4 rings (SSSR count). The molecule has 0 radical (unpaired) electrons. The molecule has 0 aliphatic carbocycles. The van der Waals surface area contributed by atoms with Crippen molar-refractivity contribution in [3.8, 4) is 0 Å². The van der Waals surface area contributed by atoms with Crippen molar-refractivity contribution in [3.05, 3.63) is 70.1 Å². The number of rotatable bonds is 4. The number of aromatic nitrogens is 1. The maximum Gasteiger partial charge on any atom is 0.256 e. The molecule has 2 amide bonds. The number of hydrogen-bond donors (Lipinski definition) is 0. The Bertz CT molecular complexity index is 969. The van der Waals surface area contributed by atoms with Gasteiger partial charge in [-0.2, -0.15) is 0 Å². The molecular weight excluding hydrogens is 366 g/mol. The Kier molecular flexibility index (Phi) is 5.26. The summed E-state index contributed by atoms with van der Waals surface area (Å²) in [5.41, 5.74) is 0.784. The first kappa shape index (κ1) is 19.4. The van der Waals surface area contributed by atoms with Crippen LogP contribution in [0.3, 0.4) is 0 Å². The zero-order chi connectivity index (χ0) is 20.4. The lowest BCUT2D eigenvalue weighted by Gasteiger charge is -2.44. The fraction of sp³-hybridized carbons (Fsp3) is 0.435. The predicted octanol–water partition coefficient (Wildman–Crippen LogP) is 2.23. The van der Waals surface area contributed by atoms with Gasteiger partial charge in [-0.15, -0.1) is 0 Å². The molecule has 29 heavy (non-hydrogen) atoms. The lowest BCUT2D eigenvalue weighted by atomic mass is 9.85. The number of nitrogens with zero attached hydrogens (tertiary/aromatic N) is 3. The summed E-state index contributed by atoms with van der Waals surface area (Å²) in [6.45, 7) is 2.00. The third kappa shape index (κ3) is 3.59. The molecule has 2 fully saturated rings. The Balaban J connectivity index is 1.54. The molecule has 2 aliphatic rings. The molecule has 2 saturated heterocycles. The van der Waals surface area contributed by atoms with Gasteiger partial charge in [0.2, 0.25) is 11.5 Å². The molecule has 2 aliphatic heterocycles. The summed E-state index contributed by atoms with van der Waals surface area (Å²) in [7, 11) is 1.63. The van der Waals surface area contributed by atoms with Crippen molar-refractivity contribution < 1.29 is 9.59 Å². The summed E-state index contributed by atoms with van der Waals surface area (Å²) < 4.78 is 1.41. The highest BCUT2D eigenvalue weighted by Gasteiger charge is 2.52. The fourth-order valence-corrected chi connectivity index (χ4v) is 4.72. The van der Waals surface area contributed by atoms with Crippen LogP contribution < -0.4 is 5.56 Å². The highest BCUT2D eigenvalue weighted by Crippen LogP contribution is 2.39. The summed E-state index contributed by atoms with van der Waals surface area (Å²) in [4.78, 5) is 42.1. The Morgan fingerprint density at radius 1 is 1.00 bits per heavy atom. The Morgan fingerprint density at radius 3 is 2.45 bits per heavy atom. The first-order valence-corrected chi connectivity index (χ1v) is 10.3. The normalized spacial score (nSPS) is 21.8. The second-order valence-corrected chi connectivity index (χ2v) is 8.09. The average molecular weight is 393 g/mol. The number of piperidine rings is 1. The van der Waals surface area contributed by atoms with Crippen LogP contribution in [0.2, 0.25) is 0 Å². The molecule has 0 N–H and O–H groups in total. The third-order valence-electron chi connectivity index (χ3n) is 6.28. The highest BCUT2D eigenvalue weighted by atomic mass is 16.2. The molecule has 6 nitrogen and oxygen atoms in total. The predicted molar refractivity (Wildman–Crippen MR) is 111 cm³/mol. The quantitative estimate of drug-likeness (QED) is 0.800. The van der Waals surface area contributed by atoms with Gasteiger partial charge < -0.3 is 14.4 Å². The number of likely N-dealkylation sites (tertiary alicyclic amines) is 2. The van der Waals surface area contributed by atoms with E-state index in [0.29, 0.717) is 31.5 Å². The van der Waals surface area contributed by atoms with Crippen molar-refractivity contribution in [1.82, 2.24) is 14.4 Å². The SMILES string of the molecule is Cn1cc(C(=O)N2CCCC23CCCN(CCc2ccccc2)C3=O)ccc1=O. The molecule has 1 aromatic carbocycles. The summed E-state index contributed by atoms with van der Waals surface area (Å²) >= 11 is 0. The van der Waals surface area contributed by atoms with E-state index in [2.05, 4.69) is 12.1 Å². The van der Waals surface area contributed by atoms with E-state index in [9.17, 15) is 14.4 Å². The van der Waals surface area contributed by atoms with Gasteiger partial charge in [-0.25, -0.2) is 0 Å². The van der Waals surface area contributed by atoms with Gasteiger partial charge in [0.1, 0.15) is 5.54 Å². The standard InChI is InChI=1S/C23H27N3O3/c1-24-17-19(9-10-20(24)27)21(28)26-15-6-13-23(26)12-5-14-25(22(23)29)16-11-18-7-3-2-4-8-18/h2-4,7-10,17H,5-6,11-16H2,1H3. The zero-order valence-electron chi connectivity index (χ0n) is 16.8. The summed E-state index contributed by atoms with van der Waals surface area (Å²) in [6, 6.07) is 13.2. The number of benzene rings is 1. The van der Waals surface area contributed by atoms with Gasteiger partial charge in [0.15, 0.2) is 0 Å². The van der Waals surface area contributed by atoms with Crippen LogP contribution in [-0.2, 0) is 18.3 Å². The van der Waals surface area contributed by atoms with Crippen LogP contribution in [0.5, 0.6) is 0 Å². The molecule has 1 unspecified atom stereocenters. The molecule has 3 heterocycles. The molecule has 2 aromatic rings. The van der Waals surface area contributed by atoms with E-state index < -0.39 is 5.54 Å². The number of amides is 2. The van der Waals surface area contributed by atoms with E-state index in [-0.39, 0.29) is 17.4 Å². The van der Waals surface area contributed by atoms with Gasteiger partial charge in [0.25, 0.3) is 5.91 Å². The monoisotopic (exact) mass is 393 g/mol. The number of carbonyl (C=O) groups is 2. The smallest absolute Gasteiger partial charge is 0.256 e. The molecule has 1 spiro atoms. The summed E-state index contributed by atoms with van der Waals surface area (Å²) in [5, 5.41) is 0. The van der Waals surface area contributed by atoms with Crippen molar-refractivity contribution in [1.29, 1.82) is 0 Å². The van der Waals surface area contributed by atoms with Crippen LogP contribution in [0.15, 0.2) is 53.5 Å². The largest absolute Gasteiger partial charge is 0.340 e. The average Bonchev–Trinajstić information content (AvgIpc) is 3.16. The molecule has 152 valence electrons. The van der Waals surface area contributed by atoms with E-state index in [1.54, 1.807) is 24.2 Å². The van der Waals surface area contributed by atoms with E-state index in [0.717, 1.165) is 25.8 Å². The van der Waals surface area contributed by atoms with Gasteiger partial charge in [-0.3, -0.25) is 14.4 Å². The second-order valence-electron chi connectivity index (χ2n) is 8.09. The van der Waals surface area contributed by atoms with Gasteiger partial charge in [-0.05, 0) is 43.7 Å². The summed E-state index contributed by atoms with van der Waals surface area (Å²) in [6.07, 6.45) is 5.54. The topological polar surface area (TPSA) is 62.6 Å². The van der Waals surface area contributed by atoms with Crippen LogP contribution in [0.4, 0.5) is 0 Å². The maximum atomic E-state index is 13.5. The van der Waals surface area contributed by atoms with Gasteiger partial charge >= 0.3 is 0 Å². The van der Waals surface area contributed by atoms with Crippen molar-refractivity contribution in [2.75, 3.05) is 19.6 Å². The molecule has 1 atom stereocenters. The van der Waals surface area contributed by atoms with Gasteiger partial charge in [-0.1, -0.05) is 30.3 Å². The lowest BCUT2D eigenvalue weighted by molar-refractivity contribution is -0.145. The minimum absolute atomic E-state index is 0.0790. The van der Waals surface area contributed by atoms with E-state index in [1.165, 1.54) is 16.2 Å². The van der Waals surface area contributed by atoms with Crippen molar-refractivity contribution in [2.45, 2.75) is 37.6 Å². The van der Waals surface area contributed by atoms with Crippen LogP contribution >= 0.6 is 0 Å². The molecule has 0 bridgehead atoms. The minimum Gasteiger partial charge on any atom is -0.340 e. The third-order valence-corrected chi connectivity index (χ3v) is 6.28. The van der Waals surface area contributed by atoms with Crippen molar-refractivity contribution in [3.63, 3.8) is 0 Å². The molecule has 1 aromatic heterocycles. The second kappa shape index (κ2) is 7.85. The fourth-order valence-electron chi connectivity index (χ4n) is 4.72. The van der Waals surface area contributed by atoms with Crippen LogP contribution in [0.1, 0.15) is 41.6 Å². The molecular formula is C23H27N3O3. The number of pyridine rings is 1. The Labute approximate surface area is 170 Å². The maximum absolute atomic E-state index is 13.5. The number of aryl methyl sites for hydroxylation is 1. The Morgan fingerprint density at radius 2 is 1.72 bits per heavy atom. The van der Waals surface area contributed by atoms with Crippen LogP contribution in [0, 0.1) is 0 Å². The zero-order valence-corrected chi connectivity index (χ0v) is 16.8. The number of hydrogen-bond acceptors (Lipinski definition) is 3. The lowest BCUT2D eigenvalue weighted by Crippen LogP contribution is -2.61. The summed E-state index contributed by atoms with van der Waals surface area (Å²) in [5.74, 6) is -0.0771. The van der Waals surface area contributed by atoms with Gasteiger partial charge in [0, 0.05) is 38.9 Å². The van der Waals surface area contributed by atoms with Crippen molar-refractivity contribution in [2.24, 2.45) is 7.05 Å². The molecule has 6 heteroatoms. The number of carbonyl (C=O) groups excluding carboxylic acids is 2. The van der Waals surface area contributed by atoms with Crippen LogP contribution in [-0.4, -0.2) is 51.4 Å². The van der Waals surface area contributed by atoms with Gasteiger partial charge in [0.05, 0.1) is 5.56 Å². The molecule has 0 saturated carbocycles. The van der Waals surface area contributed by atoms with E-state index in [1.807, 2.05) is 23.1 Å². The minimum atomic E-state index is -0.735. The first-order valence-electron chi connectivity index (χ1n) is 10.3. The van der Waals surface area contributed by atoms with Crippen molar-refractivity contribution >= 4 is 11.8 Å². The Hall–Kier alpha value is -2.89. The van der Waals surface area contributed by atoms with E-state index in [4.69, 9.17) is 0 Å². The van der Waals surface area contributed by atoms with E-state index >= 15 is 0 Å². The van der Waals surface area contributed by atoms with Crippen LogP contribution in [0.25, 0.3) is 0 Å².